The number of aryl methyl sites for hydroxylation is 1. The third-order valence-corrected chi connectivity index (χ3v) is 4.38. The highest BCUT2D eigenvalue weighted by atomic mass is 16.1. The van der Waals surface area contributed by atoms with Crippen LogP contribution in [0.3, 0.4) is 0 Å². The first-order valence-corrected chi connectivity index (χ1v) is 9.00. The highest BCUT2D eigenvalue weighted by Gasteiger charge is 2.14. The Hall–Kier alpha value is -3.21. The third kappa shape index (κ3) is 4.50. The lowest BCUT2D eigenvalue weighted by Crippen LogP contribution is -2.18. The molecule has 0 radical (unpaired) electrons. The van der Waals surface area contributed by atoms with Crippen LogP contribution in [-0.2, 0) is 0 Å². The number of benzene rings is 2. The maximum atomic E-state index is 12.7. The Bertz CT molecular complexity index is 921. The average Bonchev–Trinajstić information content (AvgIpc) is 2.68. The van der Waals surface area contributed by atoms with Crippen molar-refractivity contribution >= 4 is 23.1 Å². The van der Waals surface area contributed by atoms with Crippen LogP contribution in [0.15, 0.2) is 60.7 Å². The molecule has 0 spiro atoms. The number of carbonyl (C=O) groups excluding carboxylic acids is 1. The average molecular weight is 360 g/mol. The second-order valence-corrected chi connectivity index (χ2v) is 6.78. The minimum absolute atomic E-state index is 0.250. The van der Waals surface area contributed by atoms with Gasteiger partial charge < -0.3 is 10.2 Å². The van der Waals surface area contributed by atoms with E-state index in [0.29, 0.717) is 23.3 Å². The van der Waals surface area contributed by atoms with E-state index in [0.717, 1.165) is 11.4 Å². The lowest BCUT2D eigenvalue weighted by molar-refractivity contribution is 0.102. The first kappa shape index (κ1) is 18.6. The van der Waals surface area contributed by atoms with Gasteiger partial charge in [0.15, 0.2) is 0 Å². The molecule has 5 heteroatoms. The molecule has 5 nitrogen and oxygen atoms in total. The molecule has 0 aliphatic rings. The summed E-state index contributed by atoms with van der Waals surface area (Å²) in [5.74, 6) is 1.43. The van der Waals surface area contributed by atoms with Gasteiger partial charge >= 0.3 is 0 Å². The largest absolute Gasteiger partial charge is 0.329 e. The SMILES string of the molecule is Cc1nc(C(=O)Nc2ccc(C(C)C)cc2)cc(N(C)c2ccccc2)n1. The van der Waals surface area contributed by atoms with Gasteiger partial charge in [-0.1, -0.05) is 44.2 Å². The minimum Gasteiger partial charge on any atom is -0.329 e. The lowest BCUT2D eigenvalue weighted by Gasteiger charge is -2.19. The van der Waals surface area contributed by atoms with Gasteiger partial charge in [-0.15, -0.1) is 0 Å². The van der Waals surface area contributed by atoms with Crippen LogP contribution in [0.4, 0.5) is 17.2 Å². The zero-order chi connectivity index (χ0) is 19.4. The van der Waals surface area contributed by atoms with Crippen molar-refractivity contribution in [2.75, 3.05) is 17.3 Å². The van der Waals surface area contributed by atoms with E-state index in [1.807, 2.05) is 66.5 Å². The van der Waals surface area contributed by atoms with Crippen molar-refractivity contribution in [2.45, 2.75) is 26.7 Å². The fraction of sp³-hybridized carbons (Fsp3) is 0.227. The van der Waals surface area contributed by atoms with Crippen LogP contribution >= 0.6 is 0 Å². The Balaban J connectivity index is 1.81. The van der Waals surface area contributed by atoms with Crippen molar-refractivity contribution in [3.8, 4) is 0 Å². The number of hydrogen-bond acceptors (Lipinski definition) is 4. The smallest absolute Gasteiger partial charge is 0.274 e. The molecule has 3 aromatic rings. The van der Waals surface area contributed by atoms with E-state index in [2.05, 4.69) is 29.1 Å². The molecule has 3 rings (SSSR count). The van der Waals surface area contributed by atoms with Crippen LogP contribution in [0.2, 0.25) is 0 Å². The summed E-state index contributed by atoms with van der Waals surface area (Å²) in [4.78, 5) is 23.4. The number of rotatable bonds is 5. The Morgan fingerprint density at radius 2 is 1.67 bits per heavy atom. The van der Waals surface area contributed by atoms with E-state index in [4.69, 9.17) is 0 Å². The molecular weight excluding hydrogens is 336 g/mol. The second-order valence-electron chi connectivity index (χ2n) is 6.78. The Labute approximate surface area is 160 Å². The minimum atomic E-state index is -0.250. The fourth-order valence-corrected chi connectivity index (χ4v) is 2.77. The van der Waals surface area contributed by atoms with Crippen LogP contribution in [0.25, 0.3) is 0 Å². The number of amides is 1. The van der Waals surface area contributed by atoms with Gasteiger partial charge in [0, 0.05) is 24.5 Å². The molecule has 2 aromatic carbocycles. The van der Waals surface area contributed by atoms with Gasteiger partial charge in [-0.05, 0) is 42.7 Å². The van der Waals surface area contributed by atoms with Crippen LogP contribution in [0.5, 0.6) is 0 Å². The van der Waals surface area contributed by atoms with Crippen LogP contribution in [0.1, 0.15) is 41.6 Å². The summed E-state index contributed by atoms with van der Waals surface area (Å²) in [5, 5.41) is 2.91. The summed E-state index contributed by atoms with van der Waals surface area (Å²) in [7, 11) is 1.92. The predicted octanol–water partition coefficient (Wildman–Crippen LogP) is 4.93. The van der Waals surface area contributed by atoms with Crippen molar-refractivity contribution in [1.82, 2.24) is 9.97 Å². The molecule has 1 aromatic heterocycles. The summed E-state index contributed by atoms with van der Waals surface area (Å²) in [5.41, 5.74) is 3.32. The molecule has 0 aliphatic carbocycles. The van der Waals surface area contributed by atoms with Crippen LogP contribution in [0, 0.1) is 6.92 Å². The maximum Gasteiger partial charge on any atom is 0.274 e. The molecule has 0 unspecified atom stereocenters. The summed E-state index contributed by atoms with van der Waals surface area (Å²) < 4.78 is 0. The second kappa shape index (κ2) is 7.99. The first-order chi connectivity index (χ1) is 12.9. The van der Waals surface area contributed by atoms with E-state index < -0.39 is 0 Å². The van der Waals surface area contributed by atoms with Crippen molar-refractivity contribution in [2.24, 2.45) is 0 Å². The summed E-state index contributed by atoms with van der Waals surface area (Å²) in [6.07, 6.45) is 0. The van der Waals surface area contributed by atoms with Crippen molar-refractivity contribution in [1.29, 1.82) is 0 Å². The molecule has 1 amide bonds. The number of aromatic nitrogens is 2. The van der Waals surface area contributed by atoms with Gasteiger partial charge in [-0.25, -0.2) is 9.97 Å². The van der Waals surface area contributed by atoms with E-state index in [-0.39, 0.29) is 5.91 Å². The highest BCUT2D eigenvalue weighted by molar-refractivity contribution is 6.03. The normalized spacial score (nSPS) is 10.7. The zero-order valence-electron chi connectivity index (χ0n) is 16.1. The maximum absolute atomic E-state index is 12.7. The molecule has 1 N–H and O–H groups in total. The molecule has 0 bridgehead atoms. The zero-order valence-corrected chi connectivity index (χ0v) is 16.1. The van der Waals surface area contributed by atoms with Crippen LogP contribution in [-0.4, -0.2) is 22.9 Å². The van der Waals surface area contributed by atoms with E-state index >= 15 is 0 Å². The standard InChI is InChI=1S/C22H24N4O/c1-15(2)17-10-12-18(13-11-17)25-22(27)20-14-21(24-16(3)23-20)26(4)19-8-6-5-7-9-19/h5-15H,1-4H3,(H,25,27). The van der Waals surface area contributed by atoms with Gasteiger partial charge in [0.1, 0.15) is 17.3 Å². The van der Waals surface area contributed by atoms with E-state index in [9.17, 15) is 4.79 Å². The summed E-state index contributed by atoms with van der Waals surface area (Å²) in [6, 6.07) is 19.5. The predicted molar refractivity (Wildman–Crippen MR) is 110 cm³/mol. The molecule has 0 saturated heterocycles. The Kier molecular flexibility index (Phi) is 5.50. The van der Waals surface area contributed by atoms with Gasteiger partial charge in [0.05, 0.1) is 0 Å². The summed E-state index contributed by atoms with van der Waals surface area (Å²) >= 11 is 0. The third-order valence-electron chi connectivity index (χ3n) is 4.38. The molecule has 0 saturated carbocycles. The fourth-order valence-electron chi connectivity index (χ4n) is 2.77. The van der Waals surface area contributed by atoms with Gasteiger partial charge in [0.25, 0.3) is 5.91 Å². The molecule has 138 valence electrons. The molecule has 27 heavy (non-hydrogen) atoms. The monoisotopic (exact) mass is 360 g/mol. The number of anilines is 3. The van der Waals surface area contributed by atoms with Gasteiger partial charge in [-0.2, -0.15) is 0 Å². The number of carbonyl (C=O) groups is 1. The topological polar surface area (TPSA) is 58.1 Å². The van der Waals surface area contributed by atoms with E-state index in [1.54, 1.807) is 13.0 Å². The summed E-state index contributed by atoms with van der Waals surface area (Å²) in [6.45, 7) is 6.07. The Morgan fingerprint density at radius 3 is 2.30 bits per heavy atom. The molecular formula is C22H24N4O. The number of nitrogens with zero attached hydrogens (tertiary/aromatic N) is 3. The van der Waals surface area contributed by atoms with Gasteiger partial charge in [0.2, 0.25) is 0 Å². The first-order valence-electron chi connectivity index (χ1n) is 9.00. The van der Waals surface area contributed by atoms with Crippen molar-refractivity contribution in [3.63, 3.8) is 0 Å². The van der Waals surface area contributed by atoms with Gasteiger partial charge in [-0.3, -0.25) is 4.79 Å². The highest BCUT2D eigenvalue weighted by Crippen LogP contribution is 2.22. The number of hydrogen-bond donors (Lipinski definition) is 1. The number of nitrogens with one attached hydrogen (secondary N) is 1. The van der Waals surface area contributed by atoms with Crippen molar-refractivity contribution in [3.05, 3.63) is 77.7 Å². The van der Waals surface area contributed by atoms with Crippen molar-refractivity contribution < 1.29 is 4.79 Å². The number of para-hydroxylation sites is 1. The molecule has 1 heterocycles. The quantitative estimate of drug-likeness (QED) is 0.701. The molecule has 0 atom stereocenters. The Morgan fingerprint density at radius 1 is 1.00 bits per heavy atom. The molecule has 0 fully saturated rings. The van der Waals surface area contributed by atoms with E-state index in [1.165, 1.54) is 5.56 Å². The molecule has 0 aliphatic heterocycles. The van der Waals surface area contributed by atoms with Crippen LogP contribution < -0.4 is 10.2 Å². The lowest BCUT2D eigenvalue weighted by atomic mass is 10.0.